The van der Waals surface area contributed by atoms with Crippen molar-refractivity contribution in [3.63, 3.8) is 0 Å². The SMILES string of the molecule is COc1ccc(CC#Cc2ccc3c(c2)C(=O)/C(=C\c2ccc(Cl)c(Cl)c2)[S+]([O-])N3C)cc1. The monoisotopic (exact) mass is 495 g/mol. The van der Waals surface area contributed by atoms with Gasteiger partial charge < -0.3 is 9.29 Å². The van der Waals surface area contributed by atoms with Crippen molar-refractivity contribution < 1.29 is 14.1 Å². The lowest BCUT2D eigenvalue weighted by Gasteiger charge is -2.29. The van der Waals surface area contributed by atoms with E-state index in [0.29, 0.717) is 38.8 Å². The zero-order valence-corrected chi connectivity index (χ0v) is 20.2. The van der Waals surface area contributed by atoms with Crippen molar-refractivity contribution in [1.82, 2.24) is 0 Å². The molecule has 0 saturated heterocycles. The van der Waals surface area contributed by atoms with Gasteiger partial charge >= 0.3 is 0 Å². The molecule has 1 aliphatic rings. The lowest BCUT2D eigenvalue weighted by molar-refractivity contribution is 0.104. The highest BCUT2D eigenvalue weighted by atomic mass is 35.5. The molecule has 0 saturated carbocycles. The minimum absolute atomic E-state index is 0.173. The summed E-state index contributed by atoms with van der Waals surface area (Å²) in [5.74, 6) is 6.76. The Balaban J connectivity index is 1.62. The van der Waals surface area contributed by atoms with Gasteiger partial charge in [0, 0.05) is 18.1 Å². The number of benzene rings is 3. The number of Topliss-reactive ketones (excluding diaryl/α,β-unsaturated/α-hetero) is 1. The summed E-state index contributed by atoms with van der Waals surface area (Å²) in [6.07, 6.45) is 2.16. The Morgan fingerprint density at radius 2 is 1.82 bits per heavy atom. The average Bonchev–Trinajstić information content (AvgIpc) is 2.83. The highest BCUT2D eigenvalue weighted by Gasteiger charge is 2.38. The predicted octanol–water partition coefficient (Wildman–Crippen LogP) is 5.93. The molecule has 0 N–H and O–H groups in total. The summed E-state index contributed by atoms with van der Waals surface area (Å²) in [4.78, 5) is 13.4. The Bertz CT molecular complexity index is 1310. The molecule has 0 bridgehead atoms. The number of fused-ring (bicyclic) bond motifs is 1. The normalized spacial score (nSPS) is 16.3. The maximum atomic E-state index is 13.2. The van der Waals surface area contributed by atoms with Crippen LogP contribution < -0.4 is 9.04 Å². The molecule has 0 aliphatic carbocycles. The van der Waals surface area contributed by atoms with Crippen LogP contribution in [0.1, 0.15) is 27.0 Å². The Labute approximate surface area is 206 Å². The van der Waals surface area contributed by atoms with Crippen LogP contribution in [0.15, 0.2) is 65.6 Å². The Morgan fingerprint density at radius 1 is 1.06 bits per heavy atom. The van der Waals surface area contributed by atoms with Crippen molar-refractivity contribution in [3.8, 4) is 17.6 Å². The van der Waals surface area contributed by atoms with Gasteiger partial charge in [0.05, 0.1) is 35.5 Å². The van der Waals surface area contributed by atoms with Gasteiger partial charge in [-0.1, -0.05) is 53.2 Å². The number of ether oxygens (including phenoxy) is 1. The molecule has 7 heteroatoms. The minimum Gasteiger partial charge on any atom is -0.588 e. The van der Waals surface area contributed by atoms with E-state index in [-0.39, 0.29) is 10.7 Å². The van der Waals surface area contributed by atoms with Crippen molar-refractivity contribution in [3.05, 3.63) is 97.9 Å². The van der Waals surface area contributed by atoms with Gasteiger partial charge in [-0.15, -0.1) is 0 Å². The average molecular weight is 496 g/mol. The molecule has 0 fully saturated rings. The van der Waals surface area contributed by atoms with Crippen LogP contribution in [0.3, 0.4) is 0 Å². The Kier molecular flexibility index (Phi) is 7.02. The Hall–Kier alpha value is -2.88. The van der Waals surface area contributed by atoms with E-state index in [2.05, 4.69) is 11.8 Å². The number of methoxy groups -OCH3 is 1. The van der Waals surface area contributed by atoms with Crippen LogP contribution in [-0.2, 0) is 17.8 Å². The number of hydrogen-bond donors (Lipinski definition) is 0. The maximum Gasteiger partial charge on any atom is 0.245 e. The summed E-state index contributed by atoms with van der Waals surface area (Å²) >= 11 is 10.4. The number of carbonyl (C=O) groups is 1. The number of ketones is 1. The van der Waals surface area contributed by atoms with Crippen molar-refractivity contribution in [2.75, 3.05) is 18.5 Å². The number of allylic oxidation sites excluding steroid dienone is 1. The fourth-order valence-electron chi connectivity index (χ4n) is 3.38. The van der Waals surface area contributed by atoms with Gasteiger partial charge in [0.1, 0.15) is 17.1 Å². The number of nitrogens with zero attached hydrogens (tertiary/aromatic N) is 1. The second kappa shape index (κ2) is 9.94. The van der Waals surface area contributed by atoms with Crippen molar-refractivity contribution >= 4 is 52.1 Å². The van der Waals surface area contributed by atoms with E-state index in [9.17, 15) is 9.35 Å². The molecule has 3 aromatic carbocycles. The minimum atomic E-state index is -1.64. The molecule has 1 heterocycles. The molecule has 1 unspecified atom stereocenters. The molecule has 3 aromatic rings. The first-order valence-corrected chi connectivity index (χ1v) is 11.9. The highest BCUT2D eigenvalue weighted by Crippen LogP contribution is 2.36. The van der Waals surface area contributed by atoms with Crippen LogP contribution in [0.2, 0.25) is 10.0 Å². The molecule has 33 heavy (non-hydrogen) atoms. The summed E-state index contributed by atoms with van der Waals surface area (Å²) in [7, 11) is 3.32. The quantitative estimate of drug-likeness (QED) is 0.256. The first-order valence-electron chi connectivity index (χ1n) is 10.0. The van der Waals surface area contributed by atoms with E-state index in [1.807, 2.05) is 30.3 Å². The molecule has 0 spiro atoms. The van der Waals surface area contributed by atoms with Gasteiger partial charge in [0.25, 0.3) is 0 Å². The second-order valence-corrected chi connectivity index (χ2v) is 9.62. The number of anilines is 1. The summed E-state index contributed by atoms with van der Waals surface area (Å²) < 4.78 is 19.7. The first kappa shape index (κ1) is 23.3. The van der Waals surface area contributed by atoms with Gasteiger partial charge in [0.15, 0.2) is 0 Å². The predicted molar refractivity (Wildman–Crippen MR) is 135 cm³/mol. The molecule has 4 nitrogen and oxygen atoms in total. The van der Waals surface area contributed by atoms with E-state index < -0.39 is 11.4 Å². The van der Waals surface area contributed by atoms with E-state index in [4.69, 9.17) is 27.9 Å². The van der Waals surface area contributed by atoms with E-state index in [1.165, 1.54) is 0 Å². The molecule has 1 atom stereocenters. The number of rotatable bonds is 3. The summed E-state index contributed by atoms with van der Waals surface area (Å²) in [6, 6.07) is 18.1. The van der Waals surface area contributed by atoms with Gasteiger partial charge in [-0.3, -0.25) is 4.79 Å². The van der Waals surface area contributed by atoms with Gasteiger partial charge in [-0.2, -0.15) is 4.31 Å². The van der Waals surface area contributed by atoms with Crippen LogP contribution in [0.5, 0.6) is 5.75 Å². The third-order valence-corrected chi connectivity index (χ3v) is 7.28. The molecular weight excluding hydrogens is 477 g/mol. The zero-order valence-electron chi connectivity index (χ0n) is 17.9. The number of carbonyl (C=O) groups excluding carboxylic acids is 1. The summed E-state index contributed by atoms with van der Waals surface area (Å²) in [5, 5.41) is 0.776. The Morgan fingerprint density at radius 3 is 2.52 bits per heavy atom. The smallest absolute Gasteiger partial charge is 0.245 e. The first-order chi connectivity index (χ1) is 15.9. The van der Waals surface area contributed by atoms with E-state index >= 15 is 0 Å². The zero-order chi connectivity index (χ0) is 23.5. The summed E-state index contributed by atoms with van der Waals surface area (Å²) in [6.45, 7) is 0. The van der Waals surface area contributed by atoms with E-state index in [1.54, 1.807) is 54.9 Å². The number of hydrogen-bond acceptors (Lipinski definition) is 4. The van der Waals surface area contributed by atoms with Crippen LogP contribution in [0.4, 0.5) is 5.69 Å². The molecular formula is C26H19Cl2NO3S. The fraction of sp³-hybridized carbons (Fsp3) is 0.115. The van der Waals surface area contributed by atoms with Crippen LogP contribution >= 0.6 is 23.2 Å². The van der Waals surface area contributed by atoms with Crippen molar-refractivity contribution in [1.29, 1.82) is 0 Å². The molecule has 1 aliphatic heterocycles. The summed E-state index contributed by atoms with van der Waals surface area (Å²) in [5.41, 5.74) is 3.49. The topological polar surface area (TPSA) is 52.6 Å². The fourth-order valence-corrected chi connectivity index (χ4v) is 4.83. The standard InChI is InChI=1S/C26H19Cl2NO3S/c1-29-24-13-9-18(5-3-4-17-6-10-20(32-2)11-7-17)14-21(24)26(30)25(33(29)31)16-19-8-12-22(27)23(28)15-19/h6-16H,4H2,1-2H3/b25-16+. The van der Waals surface area contributed by atoms with Crippen LogP contribution in [0, 0.1) is 11.8 Å². The van der Waals surface area contributed by atoms with Crippen LogP contribution in [0.25, 0.3) is 6.08 Å². The van der Waals surface area contributed by atoms with Gasteiger partial charge in [-0.25, -0.2) is 0 Å². The largest absolute Gasteiger partial charge is 0.588 e. The van der Waals surface area contributed by atoms with E-state index in [0.717, 1.165) is 11.3 Å². The van der Waals surface area contributed by atoms with Crippen LogP contribution in [-0.4, -0.2) is 24.5 Å². The molecule has 0 amide bonds. The lowest BCUT2D eigenvalue weighted by atomic mass is 10.0. The lowest BCUT2D eigenvalue weighted by Crippen LogP contribution is -2.36. The maximum absolute atomic E-state index is 13.2. The third kappa shape index (κ3) is 5.05. The van der Waals surface area contributed by atoms with Crippen molar-refractivity contribution in [2.24, 2.45) is 0 Å². The molecule has 0 radical (unpaired) electrons. The second-order valence-electron chi connectivity index (χ2n) is 7.32. The molecule has 4 rings (SSSR count). The van der Waals surface area contributed by atoms with Gasteiger partial charge in [-0.05, 0) is 53.6 Å². The molecule has 166 valence electrons. The highest BCUT2D eigenvalue weighted by molar-refractivity contribution is 7.97. The number of halogens is 2. The van der Waals surface area contributed by atoms with Gasteiger partial charge in [0.2, 0.25) is 10.7 Å². The van der Waals surface area contributed by atoms with Crippen molar-refractivity contribution in [2.45, 2.75) is 6.42 Å². The third-order valence-electron chi connectivity index (χ3n) is 5.17. The molecule has 0 aromatic heterocycles.